The fourth-order valence-corrected chi connectivity index (χ4v) is 1.33. The van der Waals surface area contributed by atoms with Gasteiger partial charge in [0.1, 0.15) is 11.3 Å². The van der Waals surface area contributed by atoms with Crippen LogP contribution in [0.5, 0.6) is 5.75 Å². The number of hydrogen-bond donors (Lipinski definition) is 1. The van der Waals surface area contributed by atoms with Crippen molar-refractivity contribution in [2.45, 2.75) is 6.42 Å². The summed E-state index contributed by atoms with van der Waals surface area (Å²) < 4.78 is 5.44. The Morgan fingerprint density at radius 3 is 2.69 bits per heavy atom. The van der Waals surface area contributed by atoms with E-state index in [4.69, 9.17) is 9.84 Å². The summed E-state index contributed by atoms with van der Waals surface area (Å²) in [5.41, 5.74) is 0.215. The van der Waals surface area contributed by atoms with Crippen molar-refractivity contribution in [3.05, 3.63) is 29.8 Å². The highest BCUT2D eigenvalue weighted by molar-refractivity contribution is 5.90. The van der Waals surface area contributed by atoms with Gasteiger partial charge in [-0.05, 0) is 32.6 Å². The van der Waals surface area contributed by atoms with Gasteiger partial charge in [-0.3, -0.25) is 0 Å². The molecule has 16 heavy (non-hydrogen) atoms. The lowest BCUT2D eigenvalue weighted by atomic mass is 10.2. The molecule has 4 nitrogen and oxygen atoms in total. The van der Waals surface area contributed by atoms with E-state index >= 15 is 0 Å². The molecule has 4 heteroatoms. The van der Waals surface area contributed by atoms with E-state index in [-0.39, 0.29) is 5.56 Å². The van der Waals surface area contributed by atoms with Gasteiger partial charge < -0.3 is 14.7 Å². The van der Waals surface area contributed by atoms with E-state index in [0.717, 1.165) is 13.0 Å². The summed E-state index contributed by atoms with van der Waals surface area (Å²) in [6.07, 6.45) is 0.876. The second kappa shape index (κ2) is 6.12. The molecule has 0 amide bonds. The maximum absolute atomic E-state index is 10.9. The van der Waals surface area contributed by atoms with Gasteiger partial charge in [-0.1, -0.05) is 12.1 Å². The van der Waals surface area contributed by atoms with Crippen molar-refractivity contribution in [2.24, 2.45) is 0 Å². The third-order valence-electron chi connectivity index (χ3n) is 2.12. The Morgan fingerprint density at radius 2 is 2.06 bits per heavy atom. The van der Waals surface area contributed by atoms with E-state index in [2.05, 4.69) is 4.90 Å². The molecule has 0 saturated carbocycles. The number of para-hydroxylation sites is 1. The summed E-state index contributed by atoms with van der Waals surface area (Å²) in [7, 11) is 3.98. The second-order valence-corrected chi connectivity index (χ2v) is 3.81. The molecule has 0 radical (unpaired) electrons. The zero-order valence-corrected chi connectivity index (χ0v) is 9.64. The molecule has 1 aromatic carbocycles. The van der Waals surface area contributed by atoms with Crippen LogP contribution < -0.4 is 4.74 Å². The zero-order valence-electron chi connectivity index (χ0n) is 9.64. The molecule has 0 unspecified atom stereocenters. The SMILES string of the molecule is CN(C)CCCOc1ccccc1C(=O)O. The molecule has 0 heterocycles. The number of nitrogens with zero attached hydrogens (tertiary/aromatic N) is 1. The fraction of sp³-hybridized carbons (Fsp3) is 0.417. The average molecular weight is 223 g/mol. The van der Waals surface area contributed by atoms with Gasteiger partial charge in [-0.2, -0.15) is 0 Å². The van der Waals surface area contributed by atoms with E-state index in [0.29, 0.717) is 12.4 Å². The Kier molecular flexibility index (Phi) is 4.79. The van der Waals surface area contributed by atoms with Gasteiger partial charge in [0.05, 0.1) is 6.61 Å². The fourth-order valence-electron chi connectivity index (χ4n) is 1.33. The first-order valence-corrected chi connectivity index (χ1v) is 5.21. The van der Waals surface area contributed by atoms with E-state index < -0.39 is 5.97 Å². The first-order valence-electron chi connectivity index (χ1n) is 5.21. The summed E-state index contributed by atoms with van der Waals surface area (Å²) in [5.74, 6) is -0.517. The van der Waals surface area contributed by atoms with Crippen LogP contribution in [0.1, 0.15) is 16.8 Å². The van der Waals surface area contributed by atoms with Gasteiger partial charge >= 0.3 is 5.97 Å². The van der Waals surface area contributed by atoms with Crippen LogP contribution >= 0.6 is 0 Å². The Labute approximate surface area is 95.5 Å². The summed E-state index contributed by atoms with van der Waals surface area (Å²) in [4.78, 5) is 12.9. The standard InChI is InChI=1S/C12H17NO3/c1-13(2)8-5-9-16-11-7-4-3-6-10(11)12(14)15/h3-4,6-7H,5,8-9H2,1-2H3,(H,14,15). The van der Waals surface area contributed by atoms with E-state index in [9.17, 15) is 4.79 Å². The number of aromatic carboxylic acids is 1. The first kappa shape index (κ1) is 12.5. The Morgan fingerprint density at radius 1 is 1.38 bits per heavy atom. The van der Waals surface area contributed by atoms with E-state index in [1.807, 2.05) is 14.1 Å². The van der Waals surface area contributed by atoms with Gasteiger partial charge in [0.25, 0.3) is 0 Å². The van der Waals surface area contributed by atoms with Crippen LogP contribution in [0, 0.1) is 0 Å². The molecule has 1 N–H and O–H groups in total. The van der Waals surface area contributed by atoms with Crippen molar-refractivity contribution in [3.63, 3.8) is 0 Å². The molecule has 1 rings (SSSR count). The predicted molar refractivity (Wildman–Crippen MR) is 62.1 cm³/mol. The molecule has 0 saturated heterocycles. The minimum Gasteiger partial charge on any atom is -0.493 e. The van der Waals surface area contributed by atoms with Crippen LogP contribution in [0.2, 0.25) is 0 Å². The molecular formula is C12H17NO3. The van der Waals surface area contributed by atoms with Crippen molar-refractivity contribution >= 4 is 5.97 Å². The minimum absolute atomic E-state index is 0.215. The molecule has 0 fully saturated rings. The van der Waals surface area contributed by atoms with Crippen molar-refractivity contribution in [1.29, 1.82) is 0 Å². The van der Waals surface area contributed by atoms with Crippen LogP contribution in [0.15, 0.2) is 24.3 Å². The third kappa shape index (κ3) is 3.90. The quantitative estimate of drug-likeness (QED) is 0.746. The molecule has 0 aliphatic heterocycles. The van der Waals surface area contributed by atoms with Crippen LogP contribution in [0.25, 0.3) is 0 Å². The first-order chi connectivity index (χ1) is 7.61. The summed E-state index contributed by atoms with van der Waals surface area (Å²) >= 11 is 0. The van der Waals surface area contributed by atoms with Crippen molar-refractivity contribution < 1.29 is 14.6 Å². The molecule has 1 aromatic rings. The monoisotopic (exact) mass is 223 g/mol. The van der Waals surface area contributed by atoms with Crippen molar-refractivity contribution in [3.8, 4) is 5.75 Å². The van der Waals surface area contributed by atoms with Gasteiger partial charge in [0.15, 0.2) is 0 Å². The molecule has 0 aliphatic rings. The molecule has 0 atom stereocenters. The molecule has 0 bridgehead atoms. The van der Waals surface area contributed by atoms with Crippen LogP contribution in [-0.2, 0) is 0 Å². The second-order valence-electron chi connectivity index (χ2n) is 3.81. The number of carboxylic acid groups (broad SMARTS) is 1. The van der Waals surface area contributed by atoms with Gasteiger partial charge in [0, 0.05) is 6.54 Å². The highest BCUT2D eigenvalue weighted by Crippen LogP contribution is 2.17. The highest BCUT2D eigenvalue weighted by atomic mass is 16.5. The Balaban J connectivity index is 2.50. The molecule has 88 valence electrons. The number of carbonyl (C=O) groups is 1. The van der Waals surface area contributed by atoms with Crippen molar-refractivity contribution in [2.75, 3.05) is 27.2 Å². The lowest BCUT2D eigenvalue weighted by Gasteiger charge is -2.11. The summed E-state index contributed by atoms with van der Waals surface area (Å²) in [5, 5.41) is 8.92. The lowest BCUT2D eigenvalue weighted by Crippen LogP contribution is -2.16. The number of ether oxygens (including phenoxy) is 1. The summed E-state index contributed by atoms with van der Waals surface area (Å²) in [6, 6.07) is 6.69. The van der Waals surface area contributed by atoms with Gasteiger partial charge in [-0.25, -0.2) is 4.79 Å². The maximum Gasteiger partial charge on any atom is 0.339 e. The van der Waals surface area contributed by atoms with E-state index in [1.165, 1.54) is 0 Å². The molecule has 0 aliphatic carbocycles. The Hall–Kier alpha value is -1.55. The maximum atomic E-state index is 10.9. The van der Waals surface area contributed by atoms with E-state index in [1.54, 1.807) is 24.3 Å². The number of hydrogen-bond acceptors (Lipinski definition) is 3. The predicted octanol–water partition coefficient (Wildman–Crippen LogP) is 1.72. The number of benzene rings is 1. The smallest absolute Gasteiger partial charge is 0.339 e. The topological polar surface area (TPSA) is 49.8 Å². The van der Waals surface area contributed by atoms with Crippen LogP contribution in [0.3, 0.4) is 0 Å². The number of carboxylic acids is 1. The zero-order chi connectivity index (χ0) is 12.0. The lowest BCUT2D eigenvalue weighted by molar-refractivity contribution is 0.0692. The largest absolute Gasteiger partial charge is 0.493 e. The highest BCUT2D eigenvalue weighted by Gasteiger charge is 2.09. The van der Waals surface area contributed by atoms with Crippen molar-refractivity contribution in [1.82, 2.24) is 4.90 Å². The molecular weight excluding hydrogens is 206 g/mol. The van der Waals surface area contributed by atoms with Crippen LogP contribution in [0.4, 0.5) is 0 Å². The normalized spacial score (nSPS) is 10.4. The minimum atomic E-state index is -0.955. The summed E-state index contributed by atoms with van der Waals surface area (Å²) in [6.45, 7) is 1.46. The van der Waals surface area contributed by atoms with Crippen LogP contribution in [-0.4, -0.2) is 43.2 Å². The average Bonchev–Trinajstić information content (AvgIpc) is 2.24. The van der Waals surface area contributed by atoms with Gasteiger partial charge in [-0.15, -0.1) is 0 Å². The molecule has 0 spiro atoms. The number of rotatable bonds is 6. The molecule has 0 aromatic heterocycles. The Bertz CT molecular complexity index is 350. The van der Waals surface area contributed by atoms with Gasteiger partial charge in [0.2, 0.25) is 0 Å². The third-order valence-corrected chi connectivity index (χ3v) is 2.12.